The van der Waals surface area contributed by atoms with Crippen LogP contribution in [0.3, 0.4) is 0 Å². The molecule has 2 aromatic rings. The Hall–Kier alpha value is -2.49. The van der Waals surface area contributed by atoms with E-state index in [9.17, 15) is 4.79 Å². The first kappa shape index (κ1) is 18.8. The third kappa shape index (κ3) is 5.52. The van der Waals surface area contributed by atoms with Crippen LogP contribution in [-0.4, -0.2) is 19.7 Å². The van der Waals surface area contributed by atoms with E-state index in [-0.39, 0.29) is 5.97 Å². The van der Waals surface area contributed by atoms with Gasteiger partial charge in [0.15, 0.2) is 0 Å². The molecular weight excluding hydrogens is 314 g/mol. The van der Waals surface area contributed by atoms with Gasteiger partial charge in [-0.2, -0.15) is 0 Å². The van der Waals surface area contributed by atoms with E-state index < -0.39 is 0 Å². The Bertz CT molecular complexity index is 683. The quantitative estimate of drug-likeness (QED) is 0.411. The third-order valence-corrected chi connectivity index (χ3v) is 4.08. The van der Waals surface area contributed by atoms with Gasteiger partial charge in [-0.05, 0) is 42.5 Å². The van der Waals surface area contributed by atoms with Gasteiger partial charge in [-0.3, -0.25) is 4.79 Å². The van der Waals surface area contributed by atoms with Crippen LogP contribution in [0.15, 0.2) is 42.5 Å². The molecule has 0 spiro atoms. The van der Waals surface area contributed by atoms with E-state index in [1.165, 1.54) is 7.11 Å². The van der Waals surface area contributed by atoms with Gasteiger partial charge in [0, 0.05) is 12.0 Å². The number of nitrogen functional groups attached to an aromatic ring is 1. The van der Waals surface area contributed by atoms with Crippen LogP contribution >= 0.6 is 0 Å². The van der Waals surface area contributed by atoms with Crippen molar-refractivity contribution in [2.45, 2.75) is 39.0 Å². The number of aryl methyl sites for hydroxylation is 1. The molecule has 0 aromatic heterocycles. The second-order valence-electron chi connectivity index (χ2n) is 6.06. The second kappa shape index (κ2) is 9.72. The molecule has 2 N–H and O–H groups in total. The first-order valence-electron chi connectivity index (χ1n) is 8.83. The summed E-state index contributed by atoms with van der Waals surface area (Å²) in [4.78, 5) is 11.3. The largest absolute Gasteiger partial charge is 0.491 e. The van der Waals surface area contributed by atoms with E-state index >= 15 is 0 Å². The summed E-state index contributed by atoms with van der Waals surface area (Å²) in [7, 11) is 1.41. The van der Waals surface area contributed by atoms with Crippen LogP contribution in [0.25, 0.3) is 11.1 Å². The minimum atomic E-state index is -0.184. The Morgan fingerprint density at radius 2 is 1.88 bits per heavy atom. The van der Waals surface area contributed by atoms with Gasteiger partial charge in [0.25, 0.3) is 0 Å². The van der Waals surface area contributed by atoms with Crippen LogP contribution in [-0.2, 0) is 16.0 Å². The fourth-order valence-electron chi connectivity index (χ4n) is 2.71. The summed E-state index contributed by atoms with van der Waals surface area (Å²) >= 11 is 0. The number of rotatable bonds is 9. The Morgan fingerprint density at radius 1 is 1.12 bits per heavy atom. The van der Waals surface area contributed by atoms with E-state index in [0.29, 0.717) is 18.7 Å². The molecule has 0 aliphatic carbocycles. The van der Waals surface area contributed by atoms with Crippen molar-refractivity contribution in [1.82, 2.24) is 0 Å². The average molecular weight is 341 g/mol. The summed E-state index contributed by atoms with van der Waals surface area (Å²) < 4.78 is 10.7. The monoisotopic (exact) mass is 341 g/mol. The Morgan fingerprint density at radius 3 is 2.56 bits per heavy atom. The molecule has 2 rings (SSSR count). The Labute approximate surface area is 150 Å². The molecule has 0 aliphatic rings. The number of esters is 1. The maximum absolute atomic E-state index is 11.3. The third-order valence-electron chi connectivity index (χ3n) is 4.08. The highest BCUT2D eigenvalue weighted by Gasteiger charge is 2.13. The number of hydrogen-bond acceptors (Lipinski definition) is 4. The number of ether oxygens (including phenoxy) is 2. The molecular formula is C21H27NO3. The molecule has 4 heteroatoms. The molecule has 0 aliphatic heterocycles. The minimum absolute atomic E-state index is 0.184. The van der Waals surface area contributed by atoms with Crippen molar-refractivity contribution in [3.05, 3.63) is 48.0 Å². The number of anilines is 1. The van der Waals surface area contributed by atoms with E-state index in [1.54, 1.807) is 0 Å². The zero-order valence-corrected chi connectivity index (χ0v) is 15.1. The first-order valence-corrected chi connectivity index (χ1v) is 8.83. The van der Waals surface area contributed by atoms with Crippen molar-refractivity contribution in [2.75, 3.05) is 19.5 Å². The lowest BCUT2D eigenvalue weighted by Gasteiger charge is -2.16. The van der Waals surface area contributed by atoms with E-state index in [4.69, 9.17) is 15.2 Å². The van der Waals surface area contributed by atoms with E-state index in [2.05, 4.69) is 25.1 Å². The zero-order valence-electron chi connectivity index (χ0n) is 15.1. The van der Waals surface area contributed by atoms with Crippen LogP contribution in [0.2, 0.25) is 0 Å². The molecule has 0 saturated carbocycles. The van der Waals surface area contributed by atoms with Crippen LogP contribution in [0.4, 0.5) is 5.69 Å². The first-order chi connectivity index (χ1) is 12.2. The number of unbranched alkanes of at least 4 members (excludes halogenated alkanes) is 1. The van der Waals surface area contributed by atoms with Crippen LogP contribution in [0.1, 0.15) is 38.2 Å². The van der Waals surface area contributed by atoms with Crippen molar-refractivity contribution in [2.24, 2.45) is 0 Å². The number of hydrogen-bond donors (Lipinski definition) is 1. The molecule has 0 atom stereocenters. The van der Waals surface area contributed by atoms with Gasteiger partial charge in [0.1, 0.15) is 5.75 Å². The molecule has 0 radical (unpaired) electrons. The van der Waals surface area contributed by atoms with Gasteiger partial charge < -0.3 is 15.2 Å². The van der Waals surface area contributed by atoms with Crippen molar-refractivity contribution < 1.29 is 14.3 Å². The Balaban J connectivity index is 2.26. The number of nitrogens with two attached hydrogens (primary N) is 1. The van der Waals surface area contributed by atoms with Crippen molar-refractivity contribution in [3.8, 4) is 16.9 Å². The lowest BCUT2D eigenvalue weighted by molar-refractivity contribution is -0.140. The summed E-state index contributed by atoms with van der Waals surface area (Å²) in [6.07, 6.45) is 3.98. The molecule has 0 fully saturated rings. The molecule has 0 saturated heterocycles. The highest BCUT2D eigenvalue weighted by molar-refractivity contribution is 5.78. The molecule has 0 heterocycles. The molecule has 134 valence electrons. The maximum atomic E-state index is 11.3. The van der Waals surface area contributed by atoms with E-state index in [1.807, 2.05) is 24.3 Å². The maximum Gasteiger partial charge on any atom is 0.305 e. The molecule has 0 bridgehead atoms. The predicted molar refractivity (Wildman–Crippen MR) is 102 cm³/mol. The summed E-state index contributed by atoms with van der Waals surface area (Å²) in [5.74, 6) is 0.562. The van der Waals surface area contributed by atoms with Gasteiger partial charge in [-0.1, -0.05) is 43.7 Å². The van der Waals surface area contributed by atoms with Gasteiger partial charge in [-0.15, -0.1) is 0 Å². The van der Waals surface area contributed by atoms with Crippen LogP contribution in [0, 0.1) is 0 Å². The zero-order chi connectivity index (χ0) is 18.1. The van der Waals surface area contributed by atoms with Crippen molar-refractivity contribution in [3.63, 3.8) is 0 Å². The summed E-state index contributed by atoms with van der Waals surface area (Å²) in [5, 5.41) is 0. The smallest absolute Gasteiger partial charge is 0.305 e. The highest BCUT2D eigenvalue weighted by Crippen LogP contribution is 2.37. The summed E-state index contributed by atoms with van der Waals surface area (Å²) in [5.41, 5.74) is 10.1. The SMILES string of the molecule is CCCCOc1c(N)cc(CCCC(=O)OC)cc1-c1ccccc1. The Kier molecular flexibility index (Phi) is 7.33. The van der Waals surface area contributed by atoms with Gasteiger partial charge in [0.2, 0.25) is 0 Å². The topological polar surface area (TPSA) is 61.5 Å². The molecule has 0 amide bonds. The highest BCUT2D eigenvalue weighted by atomic mass is 16.5. The molecule has 2 aromatic carbocycles. The average Bonchev–Trinajstić information content (AvgIpc) is 2.63. The standard InChI is InChI=1S/C21H27NO3/c1-3-4-13-25-21-18(17-10-6-5-7-11-17)14-16(15-19(21)22)9-8-12-20(23)24-2/h5-7,10-11,14-15H,3-4,8-9,12-13,22H2,1-2H3. The molecule has 4 nitrogen and oxygen atoms in total. The van der Waals surface area contributed by atoms with Gasteiger partial charge in [-0.25, -0.2) is 0 Å². The molecule has 25 heavy (non-hydrogen) atoms. The van der Waals surface area contributed by atoms with Crippen LogP contribution < -0.4 is 10.5 Å². The molecule has 0 unspecified atom stereocenters. The summed E-state index contributed by atoms with van der Waals surface area (Å²) in [6, 6.07) is 14.2. The lowest BCUT2D eigenvalue weighted by atomic mass is 9.98. The van der Waals surface area contributed by atoms with Gasteiger partial charge in [0.05, 0.1) is 19.4 Å². The van der Waals surface area contributed by atoms with E-state index in [0.717, 1.165) is 48.1 Å². The second-order valence-corrected chi connectivity index (χ2v) is 6.06. The van der Waals surface area contributed by atoms with Crippen LogP contribution in [0.5, 0.6) is 5.75 Å². The number of carbonyl (C=O) groups is 1. The number of carbonyl (C=O) groups excluding carboxylic acids is 1. The summed E-state index contributed by atoms with van der Waals surface area (Å²) in [6.45, 7) is 2.79. The lowest BCUT2D eigenvalue weighted by Crippen LogP contribution is -2.04. The number of methoxy groups -OCH3 is 1. The normalized spacial score (nSPS) is 10.5. The van der Waals surface area contributed by atoms with Crippen molar-refractivity contribution in [1.29, 1.82) is 0 Å². The minimum Gasteiger partial charge on any atom is -0.491 e. The van der Waals surface area contributed by atoms with Gasteiger partial charge >= 0.3 is 5.97 Å². The number of benzene rings is 2. The fraction of sp³-hybridized carbons (Fsp3) is 0.381. The van der Waals surface area contributed by atoms with Crippen molar-refractivity contribution >= 4 is 11.7 Å². The predicted octanol–water partition coefficient (Wildman–Crippen LogP) is 4.61. The fourth-order valence-corrected chi connectivity index (χ4v) is 2.71.